The highest BCUT2D eigenvalue weighted by Gasteiger charge is 2.06. The molecule has 0 fully saturated rings. The van der Waals surface area contributed by atoms with Crippen LogP contribution in [0.2, 0.25) is 5.02 Å². The first-order chi connectivity index (χ1) is 10.3. The van der Waals surface area contributed by atoms with Gasteiger partial charge in [-0.05, 0) is 28.5 Å². The van der Waals surface area contributed by atoms with E-state index in [9.17, 15) is 0 Å². The number of halogens is 1. The second-order valence-electron chi connectivity index (χ2n) is 4.68. The van der Waals surface area contributed by atoms with Crippen LogP contribution in [-0.2, 0) is 6.61 Å². The minimum absolute atomic E-state index is 0.399. The molecule has 0 aliphatic carbocycles. The minimum Gasteiger partial charge on any atom is -0.487 e. The largest absolute Gasteiger partial charge is 0.487 e. The average Bonchev–Trinajstić information content (AvgIpc) is 2.53. The van der Waals surface area contributed by atoms with Gasteiger partial charge in [-0.1, -0.05) is 54.1 Å². The third kappa shape index (κ3) is 2.84. The van der Waals surface area contributed by atoms with Crippen LogP contribution >= 0.6 is 11.6 Å². The van der Waals surface area contributed by atoms with Gasteiger partial charge in [0.1, 0.15) is 18.4 Å². The van der Waals surface area contributed by atoms with Gasteiger partial charge in [0.05, 0.1) is 5.56 Å². The molecule has 0 spiro atoms. The molecule has 102 valence electrons. The molecule has 0 amide bonds. The van der Waals surface area contributed by atoms with E-state index in [0.29, 0.717) is 22.9 Å². The Hall–Kier alpha value is -2.50. The van der Waals surface area contributed by atoms with Crippen molar-refractivity contribution < 1.29 is 4.74 Å². The van der Waals surface area contributed by atoms with Crippen molar-refractivity contribution in [2.24, 2.45) is 0 Å². The maximum atomic E-state index is 9.11. The van der Waals surface area contributed by atoms with Crippen LogP contribution in [0.5, 0.6) is 5.75 Å². The molecule has 2 nitrogen and oxygen atoms in total. The van der Waals surface area contributed by atoms with Gasteiger partial charge in [0.15, 0.2) is 0 Å². The molecular formula is C18H12ClNO. The fourth-order valence-electron chi connectivity index (χ4n) is 2.28. The van der Waals surface area contributed by atoms with Crippen LogP contribution in [0.1, 0.15) is 11.1 Å². The predicted molar refractivity (Wildman–Crippen MR) is 84.4 cm³/mol. The third-order valence-electron chi connectivity index (χ3n) is 3.33. The normalized spacial score (nSPS) is 10.3. The molecule has 0 aromatic heterocycles. The van der Waals surface area contributed by atoms with Crippen molar-refractivity contribution >= 4 is 22.4 Å². The van der Waals surface area contributed by atoms with E-state index in [0.717, 1.165) is 10.9 Å². The molecule has 0 bridgehead atoms. The van der Waals surface area contributed by atoms with Gasteiger partial charge in [0, 0.05) is 11.1 Å². The zero-order valence-electron chi connectivity index (χ0n) is 11.2. The molecule has 0 unspecified atom stereocenters. The summed E-state index contributed by atoms with van der Waals surface area (Å²) in [6.45, 7) is 0.399. The Labute approximate surface area is 128 Å². The van der Waals surface area contributed by atoms with Gasteiger partial charge in [-0.25, -0.2) is 0 Å². The van der Waals surface area contributed by atoms with E-state index in [-0.39, 0.29) is 0 Å². The first-order valence-electron chi connectivity index (χ1n) is 6.57. The van der Waals surface area contributed by atoms with E-state index in [2.05, 4.69) is 24.3 Å². The molecule has 3 aromatic carbocycles. The van der Waals surface area contributed by atoms with Gasteiger partial charge in [-0.3, -0.25) is 0 Å². The van der Waals surface area contributed by atoms with Crippen molar-refractivity contribution in [2.45, 2.75) is 6.61 Å². The summed E-state index contributed by atoms with van der Waals surface area (Å²) in [6.07, 6.45) is 0. The quantitative estimate of drug-likeness (QED) is 0.685. The van der Waals surface area contributed by atoms with E-state index < -0.39 is 0 Å². The van der Waals surface area contributed by atoms with E-state index >= 15 is 0 Å². The van der Waals surface area contributed by atoms with Crippen molar-refractivity contribution in [2.75, 3.05) is 0 Å². The summed E-state index contributed by atoms with van der Waals surface area (Å²) in [4.78, 5) is 0. The van der Waals surface area contributed by atoms with Crippen LogP contribution in [-0.4, -0.2) is 0 Å². The van der Waals surface area contributed by atoms with E-state index in [1.165, 1.54) is 5.39 Å². The molecule has 0 aliphatic rings. The van der Waals surface area contributed by atoms with Gasteiger partial charge in [0.25, 0.3) is 0 Å². The highest BCUT2D eigenvalue weighted by molar-refractivity contribution is 6.30. The molecule has 0 N–H and O–H groups in total. The van der Waals surface area contributed by atoms with Crippen LogP contribution in [0, 0.1) is 11.3 Å². The van der Waals surface area contributed by atoms with Gasteiger partial charge in [0.2, 0.25) is 0 Å². The summed E-state index contributed by atoms with van der Waals surface area (Å²) >= 11 is 5.96. The topological polar surface area (TPSA) is 33.0 Å². The third-order valence-corrected chi connectivity index (χ3v) is 3.56. The highest BCUT2D eigenvalue weighted by atomic mass is 35.5. The first kappa shape index (κ1) is 13.5. The monoisotopic (exact) mass is 293 g/mol. The maximum Gasteiger partial charge on any atom is 0.139 e. The number of hydrogen-bond donors (Lipinski definition) is 0. The number of rotatable bonds is 3. The summed E-state index contributed by atoms with van der Waals surface area (Å²) in [6, 6.07) is 21.4. The number of hydrogen-bond acceptors (Lipinski definition) is 2. The number of fused-ring (bicyclic) bond motifs is 1. The van der Waals surface area contributed by atoms with Crippen molar-refractivity contribution in [3.8, 4) is 11.8 Å². The average molecular weight is 294 g/mol. The van der Waals surface area contributed by atoms with Gasteiger partial charge in [-0.2, -0.15) is 5.26 Å². The van der Waals surface area contributed by atoms with Crippen LogP contribution in [0.4, 0.5) is 0 Å². The lowest BCUT2D eigenvalue weighted by molar-refractivity contribution is 0.307. The predicted octanol–water partition coefficient (Wildman–Crippen LogP) is 4.94. The van der Waals surface area contributed by atoms with Crippen LogP contribution in [0.25, 0.3) is 10.8 Å². The molecule has 3 heteroatoms. The Morgan fingerprint density at radius 1 is 1.00 bits per heavy atom. The maximum absolute atomic E-state index is 9.11. The van der Waals surface area contributed by atoms with Crippen LogP contribution in [0.3, 0.4) is 0 Å². The molecule has 21 heavy (non-hydrogen) atoms. The zero-order valence-corrected chi connectivity index (χ0v) is 12.0. The Morgan fingerprint density at radius 2 is 1.81 bits per heavy atom. The second kappa shape index (κ2) is 5.87. The molecule has 0 saturated heterocycles. The number of ether oxygens (including phenoxy) is 1. The SMILES string of the molecule is N#Cc1ccc(Cl)cc1OCc1cccc2ccccc12. The van der Waals surface area contributed by atoms with Crippen molar-refractivity contribution in [1.82, 2.24) is 0 Å². The van der Waals surface area contributed by atoms with E-state index in [4.69, 9.17) is 21.6 Å². The summed E-state index contributed by atoms with van der Waals surface area (Å²) < 4.78 is 5.80. The molecule has 0 saturated carbocycles. The first-order valence-corrected chi connectivity index (χ1v) is 6.95. The van der Waals surface area contributed by atoms with Gasteiger partial charge < -0.3 is 4.74 Å². The van der Waals surface area contributed by atoms with Crippen LogP contribution in [0.15, 0.2) is 60.7 Å². The fourth-order valence-corrected chi connectivity index (χ4v) is 2.44. The van der Waals surface area contributed by atoms with Crippen molar-refractivity contribution in [3.63, 3.8) is 0 Å². The fraction of sp³-hybridized carbons (Fsp3) is 0.0556. The second-order valence-corrected chi connectivity index (χ2v) is 5.12. The van der Waals surface area contributed by atoms with E-state index in [1.54, 1.807) is 18.2 Å². The Bertz CT molecular complexity index is 831. The standard InChI is InChI=1S/C18H12ClNO/c19-16-9-8-14(11-20)18(10-16)21-12-15-6-3-5-13-4-1-2-7-17(13)15/h1-10H,12H2. The molecule has 0 radical (unpaired) electrons. The number of benzene rings is 3. The zero-order chi connectivity index (χ0) is 14.7. The number of nitrogens with zero attached hydrogens (tertiary/aromatic N) is 1. The molecule has 3 aromatic rings. The summed E-state index contributed by atoms with van der Waals surface area (Å²) in [5.74, 6) is 0.512. The molecule has 0 atom stereocenters. The molecular weight excluding hydrogens is 282 g/mol. The smallest absolute Gasteiger partial charge is 0.139 e. The van der Waals surface area contributed by atoms with Crippen molar-refractivity contribution in [1.29, 1.82) is 5.26 Å². The Morgan fingerprint density at radius 3 is 2.67 bits per heavy atom. The molecule has 3 rings (SSSR count). The minimum atomic E-state index is 0.399. The Kier molecular flexibility index (Phi) is 3.77. The lowest BCUT2D eigenvalue weighted by atomic mass is 10.1. The summed E-state index contributed by atoms with van der Waals surface area (Å²) in [5.41, 5.74) is 1.57. The van der Waals surface area contributed by atoms with Crippen molar-refractivity contribution in [3.05, 3.63) is 76.8 Å². The highest BCUT2D eigenvalue weighted by Crippen LogP contribution is 2.25. The lowest BCUT2D eigenvalue weighted by Gasteiger charge is -2.10. The summed E-state index contributed by atoms with van der Waals surface area (Å²) in [5, 5.41) is 12.0. The van der Waals surface area contributed by atoms with Gasteiger partial charge >= 0.3 is 0 Å². The van der Waals surface area contributed by atoms with Gasteiger partial charge in [-0.15, -0.1) is 0 Å². The lowest BCUT2D eigenvalue weighted by Crippen LogP contribution is -1.98. The number of nitriles is 1. The molecule has 0 heterocycles. The van der Waals surface area contributed by atoms with Crippen LogP contribution < -0.4 is 4.74 Å². The molecule has 0 aliphatic heterocycles. The Balaban J connectivity index is 1.91. The van der Waals surface area contributed by atoms with E-state index in [1.807, 2.05) is 24.3 Å². The summed E-state index contributed by atoms with van der Waals surface area (Å²) in [7, 11) is 0.